The molecule has 10 heteroatoms. The van der Waals surface area contributed by atoms with Crippen LogP contribution >= 0.6 is 27.5 Å². The van der Waals surface area contributed by atoms with Crippen molar-refractivity contribution >= 4 is 56.6 Å². The van der Waals surface area contributed by atoms with Crippen molar-refractivity contribution in [1.82, 2.24) is 5.01 Å². The molecule has 2 aromatic rings. The molecule has 2 atom stereocenters. The average Bonchev–Trinajstić information content (AvgIpc) is 3.18. The van der Waals surface area contributed by atoms with E-state index in [1.807, 2.05) is 0 Å². The van der Waals surface area contributed by atoms with E-state index in [0.717, 1.165) is 9.37 Å². The molecule has 28 heavy (non-hydrogen) atoms. The van der Waals surface area contributed by atoms with Gasteiger partial charge in [0.05, 0.1) is 5.69 Å². The number of fused-ring (bicyclic) bond motifs is 1. The molecule has 2 heterocycles. The van der Waals surface area contributed by atoms with Crippen molar-refractivity contribution in [2.45, 2.75) is 12.1 Å². The zero-order chi connectivity index (χ0) is 19.8. The highest BCUT2D eigenvalue weighted by Gasteiger charge is 2.55. The fourth-order valence-electron chi connectivity index (χ4n) is 3.08. The molecule has 0 aromatic heterocycles. The van der Waals surface area contributed by atoms with Crippen LogP contribution in [-0.2, 0) is 14.4 Å². The Morgan fingerprint density at radius 3 is 2.43 bits per heavy atom. The fraction of sp³-hybridized carbons (Fsp3) is 0.167. The van der Waals surface area contributed by atoms with Crippen LogP contribution in [0.15, 0.2) is 63.3 Å². The summed E-state index contributed by atoms with van der Waals surface area (Å²) in [5, 5.41) is 12.2. The van der Waals surface area contributed by atoms with Crippen LogP contribution in [0.2, 0.25) is 5.02 Å². The number of rotatable bonds is 4. The number of amides is 3. The molecule has 142 valence electrons. The van der Waals surface area contributed by atoms with Crippen LogP contribution in [0.4, 0.5) is 11.4 Å². The van der Waals surface area contributed by atoms with E-state index in [1.165, 1.54) is 5.01 Å². The molecule has 2 aliphatic heterocycles. The molecular weight excluding hydrogens is 450 g/mol. The van der Waals surface area contributed by atoms with Gasteiger partial charge in [0, 0.05) is 15.2 Å². The number of benzene rings is 2. The third-order valence-corrected chi connectivity index (χ3v) is 5.16. The minimum atomic E-state index is -0.955. The minimum Gasteiger partial charge on any atom is -0.324 e. The zero-order valence-electron chi connectivity index (χ0n) is 14.3. The summed E-state index contributed by atoms with van der Waals surface area (Å²) in [5.41, 5.74) is 1.01. The van der Waals surface area contributed by atoms with E-state index in [2.05, 4.69) is 31.6 Å². The van der Waals surface area contributed by atoms with E-state index in [-0.39, 0.29) is 12.5 Å². The Balaban J connectivity index is 1.48. The van der Waals surface area contributed by atoms with Crippen LogP contribution in [0.25, 0.3) is 0 Å². The average molecular weight is 463 g/mol. The molecule has 2 aliphatic rings. The molecule has 4 rings (SSSR count). The van der Waals surface area contributed by atoms with Crippen LogP contribution in [0.1, 0.15) is 0 Å². The van der Waals surface area contributed by atoms with Gasteiger partial charge in [0.25, 0.3) is 11.8 Å². The van der Waals surface area contributed by atoms with Gasteiger partial charge in [0.15, 0.2) is 12.1 Å². The first-order valence-electron chi connectivity index (χ1n) is 8.30. The number of carbonyl (C=O) groups excluding carboxylic acids is 3. The van der Waals surface area contributed by atoms with Crippen molar-refractivity contribution < 1.29 is 14.4 Å². The molecule has 1 saturated heterocycles. The maximum atomic E-state index is 12.8. The third-order valence-electron chi connectivity index (χ3n) is 4.38. The van der Waals surface area contributed by atoms with Gasteiger partial charge in [-0.25, -0.2) is 4.90 Å². The van der Waals surface area contributed by atoms with Gasteiger partial charge in [-0.05, 0) is 48.5 Å². The normalized spacial score (nSPS) is 20.6. The Morgan fingerprint density at radius 1 is 1.07 bits per heavy atom. The van der Waals surface area contributed by atoms with E-state index in [0.29, 0.717) is 16.4 Å². The minimum absolute atomic E-state index is 0.200. The van der Waals surface area contributed by atoms with E-state index >= 15 is 0 Å². The Morgan fingerprint density at radius 2 is 1.75 bits per heavy atom. The van der Waals surface area contributed by atoms with Gasteiger partial charge in [0.1, 0.15) is 6.54 Å². The quantitative estimate of drug-likeness (QED) is 0.707. The van der Waals surface area contributed by atoms with Gasteiger partial charge in [0.2, 0.25) is 5.91 Å². The van der Waals surface area contributed by atoms with Crippen LogP contribution in [0.3, 0.4) is 0 Å². The van der Waals surface area contributed by atoms with Gasteiger partial charge in [-0.2, -0.15) is 5.11 Å². The van der Waals surface area contributed by atoms with Crippen LogP contribution < -0.4 is 10.2 Å². The first-order valence-corrected chi connectivity index (χ1v) is 9.47. The number of carbonyl (C=O) groups is 3. The summed E-state index contributed by atoms with van der Waals surface area (Å²) in [6, 6.07) is 11.5. The number of hydrogen-bond donors (Lipinski definition) is 1. The summed E-state index contributed by atoms with van der Waals surface area (Å²) in [5.74, 6) is -1.32. The van der Waals surface area contributed by atoms with Gasteiger partial charge in [-0.3, -0.25) is 19.4 Å². The van der Waals surface area contributed by atoms with Gasteiger partial charge in [-0.15, -0.1) is 0 Å². The summed E-state index contributed by atoms with van der Waals surface area (Å²) < 4.78 is 0.888. The first-order chi connectivity index (χ1) is 13.4. The zero-order valence-corrected chi connectivity index (χ0v) is 16.6. The van der Waals surface area contributed by atoms with E-state index < -0.39 is 23.9 Å². The number of anilines is 2. The lowest BCUT2D eigenvalue weighted by Crippen LogP contribution is -2.43. The lowest BCUT2D eigenvalue weighted by atomic mass is 10.1. The lowest BCUT2D eigenvalue weighted by Gasteiger charge is -2.20. The molecule has 0 unspecified atom stereocenters. The third kappa shape index (κ3) is 3.38. The Bertz CT molecular complexity index is 980. The van der Waals surface area contributed by atoms with Crippen LogP contribution in [0.5, 0.6) is 0 Å². The molecule has 0 bridgehead atoms. The molecule has 8 nitrogen and oxygen atoms in total. The Kier molecular flexibility index (Phi) is 4.86. The number of nitrogens with zero attached hydrogens (tertiary/aromatic N) is 4. The van der Waals surface area contributed by atoms with Crippen LogP contribution in [-0.4, -0.2) is 41.4 Å². The van der Waals surface area contributed by atoms with Crippen molar-refractivity contribution in [2.24, 2.45) is 10.3 Å². The topological polar surface area (TPSA) is 94.4 Å². The molecule has 3 amide bonds. The van der Waals surface area contributed by atoms with E-state index in [9.17, 15) is 14.4 Å². The molecule has 0 aliphatic carbocycles. The standard InChI is InChI=1S/C18H13BrClN5O3/c19-10-1-5-12(6-2-10)21-14(26)9-24-16-15(22-23-24)17(27)25(18(16)28)13-7-3-11(20)4-8-13/h1-8,15-16H,9H2,(H,21,26)/t15-,16+/m0/s1. The van der Waals surface area contributed by atoms with Gasteiger partial charge >= 0.3 is 0 Å². The summed E-state index contributed by atoms with van der Waals surface area (Å²) in [7, 11) is 0. The van der Waals surface area contributed by atoms with Crippen molar-refractivity contribution in [3.05, 3.63) is 58.0 Å². The predicted molar refractivity (Wildman–Crippen MR) is 106 cm³/mol. The van der Waals surface area contributed by atoms with Crippen LogP contribution in [0, 0.1) is 0 Å². The molecule has 0 radical (unpaired) electrons. The fourth-order valence-corrected chi connectivity index (χ4v) is 3.47. The van der Waals surface area contributed by atoms with Crippen molar-refractivity contribution in [3.63, 3.8) is 0 Å². The maximum Gasteiger partial charge on any atom is 0.263 e. The molecular formula is C18H13BrClN5O3. The van der Waals surface area contributed by atoms with Gasteiger partial charge < -0.3 is 5.32 Å². The molecule has 0 saturated carbocycles. The molecule has 1 N–H and O–H groups in total. The monoisotopic (exact) mass is 461 g/mol. The second-order valence-corrected chi connectivity index (χ2v) is 7.59. The van der Waals surface area contributed by atoms with Crippen molar-refractivity contribution in [3.8, 4) is 0 Å². The molecule has 0 spiro atoms. The van der Waals surface area contributed by atoms with E-state index in [1.54, 1.807) is 48.5 Å². The molecule has 1 fully saturated rings. The number of imide groups is 1. The molecule has 2 aromatic carbocycles. The summed E-state index contributed by atoms with van der Waals surface area (Å²) in [6.07, 6.45) is 0. The Hall–Kier alpha value is -2.78. The summed E-state index contributed by atoms with van der Waals surface area (Å²) in [6.45, 7) is -0.200. The van der Waals surface area contributed by atoms with Crippen molar-refractivity contribution in [1.29, 1.82) is 0 Å². The second-order valence-electron chi connectivity index (χ2n) is 6.24. The summed E-state index contributed by atoms with van der Waals surface area (Å²) in [4.78, 5) is 38.9. The maximum absolute atomic E-state index is 12.8. The number of halogens is 2. The smallest absolute Gasteiger partial charge is 0.263 e. The predicted octanol–water partition coefficient (Wildman–Crippen LogP) is 3.03. The first kappa shape index (κ1) is 18.6. The van der Waals surface area contributed by atoms with Gasteiger partial charge in [-0.1, -0.05) is 32.8 Å². The highest BCUT2D eigenvalue weighted by Crippen LogP contribution is 2.32. The highest BCUT2D eigenvalue weighted by molar-refractivity contribution is 9.10. The van der Waals surface area contributed by atoms with E-state index in [4.69, 9.17) is 11.6 Å². The highest BCUT2D eigenvalue weighted by atomic mass is 79.9. The van der Waals surface area contributed by atoms with Crippen molar-refractivity contribution in [2.75, 3.05) is 16.8 Å². The summed E-state index contributed by atoms with van der Waals surface area (Å²) >= 11 is 9.19. The number of nitrogens with one attached hydrogen (secondary N) is 1. The number of hydrogen-bond acceptors (Lipinski definition) is 6. The lowest BCUT2D eigenvalue weighted by molar-refractivity contribution is -0.123. The Labute approximate surface area is 173 Å². The second kappa shape index (κ2) is 7.33. The SMILES string of the molecule is O=C(CN1N=N[C@@H]2C(=O)N(c3ccc(Cl)cc3)C(=O)[C@@H]21)Nc1ccc(Br)cc1. The largest absolute Gasteiger partial charge is 0.324 e.